The van der Waals surface area contributed by atoms with Crippen LogP contribution in [0.5, 0.6) is 0 Å². The SMILES string of the molecule is CCCCCCCC[C@H]1OCC(Br)C[C@@H]1CCCCCCC. The molecule has 0 N–H and O–H groups in total. The molecule has 0 bridgehead atoms. The fraction of sp³-hybridized carbons (Fsp3) is 1.00. The number of hydrogen-bond donors (Lipinski definition) is 0. The minimum absolute atomic E-state index is 0.547. The van der Waals surface area contributed by atoms with Crippen molar-refractivity contribution in [3.8, 4) is 0 Å². The highest BCUT2D eigenvalue weighted by atomic mass is 79.9. The van der Waals surface area contributed by atoms with E-state index in [0.29, 0.717) is 10.9 Å². The predicted molar refractivity (Wildman–Crippen MR) is 102 cm³/mol. The summed E-state index contributed by atoms with van der Waals surface area (Å²) < 4.78 is 6.16. The lowest BCUT2D eigenvalue weighted by atomic mass is 9.86. The lowest BCUT2D eigenvalue weighted by molar-refractivity contribution is -0.0306. The summed E-state index contributed by atoms with van der Waals surface area (Å²) in [5.74, 6) is 0.801. The number of rotatable bonds is 13. The molecule has 132 valence electrons. The third kappa shape index (κ3) is 9.55. The molecule has 0 amide bonds. The van der Waals surface area contributed by atoms with Crippen molar-refractivity contribution in [2.24, 2.45) is 5.92 Å². The van der Waals surface area contributed by atoms with Crippen molar-refractivity contribution >= 4 is 15.9 Å². The second kappa shape index (κ2) is 13.8. The van der Waals surface area contributed by atoms with Crippen LogP contribution < -0.4 is 0 Å². The largest absolute Gasteiger partial charge is 0.377 e. The number of halogens is 1. The number of alkyl halides is 1. The van der Waals surface area contributed by atoms with E-state index in [-0.39, 0.29) is 0 Å². The Balaban J connectivity index is 2.16. The van der Waals surface area contributed by atoms with Gasteiger partial charge < -0.3 is 4.74 Å². The summed E-state index contributed by atoms with van der Waals surface area (Å²) >= 11 is 3.78. The molecule has 1 saturated heterocycles. The van der Waals surface area contributed by atoms with E-state index < -0.39 is 0 Å². The normalized spacial score (nSPS) is 25.5. The van der Waals surface area contributed by atoms with Crippen molar-refractivity contribution in [1.82, 2.24) is 0 Å². The Kier molecular flexibility index (Phi) is 12.9. The van der Waals surface area contributed by atoms with Crippen LogP contribution in [-0.4, -0.2) is 17.5 Å². The molecule has 0 saturated carbocycles. The van der Waals surface area contributed by atoms with Gasteiger partial charge in [0.2, 0.25) is 0 Å². The van der Waals surface area contributed by atoms with Crippen LogP contribution in [0.1, 0.15) is 104 Å². The summed E-state index contributed by atoms with van der Waals surface area (Å²) in [6.45, 7) is 5.51. The minimum Gasteiger partial charge on any atom is -0.377 e. The fourth-order valence-electron chi connectivity index (χ4n) is 3.67. The summed E-state index contributed by atoms with van der Waals surface area (Å²) in [5.41, 5.74) is 0. The number of ether oxygens (including phenoxy) is 1. The van der Waals surface area contributed by atoms with Crippen molar-refractivity contribution in [2.45, 2.75) is 115 Å². The predicted octanol–water partition coefficient (Wildman–Crippen LogP) is 7.27. The van der Waals surface area contributed by atoms with Crippen molar-refractivity contribution in [2.75, 3.05) is 6.61 Å². The lowest BCUT2D eigenvalue weighted by Gasteiger charge is -2.34. The van der Waals surface area contributed by atoms with Crippen molar-refractivity contribution in [3.05, 3.63) is 0 Å². The quantitative estimate of drug-likeness (QED) is 0.243. The lowest BCUT2D eigenvalue weighted by Crippen LogP contribution is -2.35. The molecule has 0 aromatic heterocycles. The maximum absolute atomic E-state index is 6.16. The number of hydrogen-bond acceptors (Lipinski definition) is 1. The van der Waals surface area contributed by atoms with Crippen LogP contribution in [0.15, 0.2) is 0 Å². The molecule has 1 aliphatic heterocycles. The van der Waals surface area contributed by atoms with Crippen molar-refractivity contribution in [3.63, 3.8) is 0 Å². The van der Waals surface area contributed by atoms with Gasteiger partial charge in [0.05, 0.1) is 12.7 Å². The standard InChI is InChI=1S/C20H39BrO/c1-3-5-7-9-11-13-15-20-18(16-19(21)17-22-20)14-12-10-8-6-4-2/h18-20H,3-17H2,1-2H3/t18-,19?,20+/m0/s1. The highest BCUT2D eigenvalue weighted by Crippen LogP contribution is 2.32. The zero-order valence-electron chi connectivity index (χ0n) is 15.1. The second-order valence-corrected chi connectivity index (χ2v) is 8.52. The molecular weight excluding hydrogens is 336 g/mol. The summed E-state index contributed by atoms with van der Waals surface area (Å²) in [7, 11) is 0. The third-order valence-electron chi connectivity index (χ3n) is 5.10. The second-order valence-electron chi connectivity index (χ2n) is 7.22. The topological polar surface area (TPSA) is 9.23 Å². The smallest absolute Gasteiger partial charge is 0.0604 e. The van der Waals surface area contributed by atoms with Gasteiger partial charge in [0.15, 0.2) is 0 Å². The first kappa shape index (κ1) is 20.5. The average molecular weight is 375 g/mol. The van der Waals surface area contributed by atoms with Gasteiger partial charge in [-0.05, 0) is 25.2 Å². The van der Waals surface area contributed by atoms with E-state index in [1.165, 1.54) is 89.9 Å². The maximum atomic E-state index is 6.16. The van der Waals surface area contributed by atoms with E-state index in [0.717, 1.165) is 12.5 Å². The molecule has 0 aromatic rings. The Bertz CT molecular complexity index is 244. The van der Waals surface area contributed by atoms with E-state index in [9.17, 15) is 0 Å². The molecule has 0 radical (unpaired) electrons. The van der Waals surface area contributed by atoms with Gasteiger partial charge in [0.25, 0.3) is 0 Å². The van der Waals surface area contributed by atoms with Gasteiger partial charge in [-0.25, -0.2) is 0 Å². The Hall–Kier alpha value is 0.440. The Morgan fingerprint density at radius 2 is 1.32 bits per heavy atom. The van der Waals surface area contributed by atoms with Crippen molar-refractivity contribution in [1.29, 1.82) is 0 Å². The molecule has 1 nitrogen and oxygen atoms in total. The monoisotopic (exact) mass is 374 g/mol. The van der Waals surface area contributed by atoms with Crippen LogP contribution >= 0.6 is 15.9 Å². The van der Waals surface area contributed by atoms with Gasteiger partial charge in [0.1, 0.15) is 0 Å². The molecule has 1 unspecified atom stereocenters. The Labute approximate surface area is 148 Å². The van der Waals surface area contributed by atoms with Crippen LogP contribution in [0.3, 0.4) is 0 Å². The van der Waals surface area contributed by atoms with E-state index in [1.54, 1.807) is 0 Å². The first-order valence-electron chi connectivity index (χ1n) is 10.0. The van der Waals surface area contributed by atoms with Crippen LogP contribution in [0, 0.1) is 5.92 Å². The molecule has 3 atom stereocenters. The van der Waals surface area contributed by atoms with Gasteiger partial charge >= 0.3 is 0 Å². The summed E-state index contributed by atoms with van der Waals surface area (Å²) in [5, 5.41) is 0. The zero-order valence-corrected chi connectivity index (χ0v) is 16.7. The zero-order chi connectivity index (χ0) is 16.0. The van der Waals surface area contributed by atoms with Gasteiger partial charge in [-0.1, -0.05) is 100 Å². The fourth-order valence-corrected chi connectivity index (χ4v) is 4.30. The van der Waals surface area contributed by atoms with Crippen LogP contribution in [0.2, 0.25) is 0 Å². The maximum Gasteiger partial charge on any atom is 0.0604 e. The Morgan fingerprint density at radius 1 is 0.773 bits per heavy atom. The molecular formula is C20H39BrO. The first-order valence-corrected chi connectivity index (χ1v) is 10.9. The number of unbranched alkanes of at least 4 members (excludes halogenated alkanes) is 9. The van der Waals surface area contributed by atoms with Crippen LogP contribution in [0.4, 0.5) is 0 Å². The molecule has 1 rings (SSSR count). The van der Waals surface area contributed by atoms with E-state index in [4.69, 9.17) is 4.74 Å². The van der Waals surface area contributed by atoms with Gasteiger partial charge in [-0.3, -0.25) is 0 Å². The van der Waals surface area contributed by atoms with E-state index in [2.05, 4.69) is 29.8 Å². The minimum atomic E-state index is 0.547. The summed E-state index contributed by atoms with van der Waals surface area (Å²) in [4.78, 5) is 0.592. The van der Waals surface area contributed by atoms with Gasteiger partial charge in [-0.2, -0.15) is 0 Å². The van der Waals surface area contributed by atoms with Crippen LogP contribution in [-0.2, 0) is 4.74 Å². The molecule has 1 fully saturated rings. The van der Waals surface area contributed by atoms with Crippen LogP contribution in [0.25, 0.3) is 0 Å². The molecule has 0 aromatic carbocycles. The summed E-state index contributed by atoms with van der Waals surface area (Å²) in [6, 6.07) is 0. The van der Waals surface area contributed by atoms with Crippen molar-refractivity contribution < 1.29 is 4.74 Å². The molecule has 1 aliphatic rings. The molecule has 2 heteroatoms. The van der Waals surface area contributed by atoms with E-state index in [1.807, 2.05) is 0 Å². The highest BCUT2D eigenvalue weighted by Gasteiger charge is 2.29. The van der Waals surface area contributed by atoms with E-state index >= 15 is 0 Å². The summed E-state index contributed by atoms with van der Waals surface area (Å²) in [6.07, 6.45) is 19.9. The first-order chi connectivity index (χ1) is 10.8. The highest BCUT2D eigenvalue weighted by molar-refractivity contribution is 9.09. The van der Waals surface area contributed by atoms with Gasteiger partial charge in [0, 0.05) is 4.83 Å². The Morgan fingerprint density at radius 3 is 1.95 bits per heavy atom. The molecule has 0 aliphatic carbocycles. The average Bonchev–Trinajstić information content (AvgIpc) is 2.52. The van der Waals surface area contributed by atoms with Gasteiger partial charge in [-0.15, -0.1) is 0 Å². The molecule has 1 heterocycles. The molecule has 22 heavy (non-hydrogen) atoms. The third-order valence-corrected chi connectivity index (χ3v) is 5.73. The molecule has 0 spiro atoms.